The summed E-state index contributed by atoms with van der Waals surface area (Å²) in [6, 6.07) is 21.1. The number of nitrogens with one attached hydrogen (secondary N) is 1. The van der Waals surface area contributed by atoms with E-state index in [1.54, 1.807) is 6.08 Å². The molecule has 4 rings (SSSR count). The number of rotatable bonds is 8. The highest BCUT2D eigenvalue weighted by Gasteiger charge is 2.52. The first-order chi connectivity index (χ1) is 19.1. The molecule has 1 fully saturated rings. The van der Waals surface area contributed by atoms with Crippen LogP contribution in [0.3, 0.4) is 0 Å². The second-order valence-corrected chi connectivity index (χ2v) is 19.0. The minimum atomic E-state index is -2.74. The van der Waals surface area contributed by atoms with Gasteiger partial charge in [-0.2, -0.15) is 0 Å². The molecule has 9 heteroatoms. The van der Waals surface area contributed by atoms with Gasteiger partial charge >= 0.3 is 0 Å². The number of hydrogen-bond donors (Lipinski definition) is 1. The lowest BCUT2D eigenvalue weighted by Gasteiger charge is -2.46. The molecular formula is C32H40Cl3NO4Si. The van der Waals surface area contributed by atoms with Crippen molar-refractivity contribution in [3.63, 3.8) is 0 Å². The third-order valence-corrected chi connectivity index (χ3v) is 13.7. The quantitative estimate of drug-likeness (QED) is 0.205. The Bertz CT molecular complexity index is 1220. The van der Waals surface area contributed by atoms with Gasteiger partial charge in [0.1, 0.15) is 0 Å². The van der Waals surface area contributed by atoms with E-state index in [-0.39, 0.29) is 17.1 Å². The Morgan fingerprint density at radius 1 is 1.07 bits per heavy atom. The highest BCUT2D eigenvalue weighted by atomic mass is 35.6. The zero-order valence-corrected chi connectivity index (χ0v) is 27.7. The number of benzene rings is 2. The highest BCUT2D eigenvalue weighted by Crippen LogP contribution is 2.43. The fraction of sp³-hybridized carbons (Fsp3) is 0.469. The standard InChI is InChI=1S/C32H40Cl3NO4Si/c1-7-31(36-28(37)32(33,34)35)19-18-23(20-26(31)27-22-38-30(5,6)40-27)21-39-41(29(2,3)4,24-14-10-8-11-15-24)25-16-12-9-13-17-25/h7-18,26-27H,1,19-22H2,2-6H3,(H,36,37)/t26-,27-,31+/m1/s1. The number of carbonyl (C=O) groups excluding carboxylic acids is 1. The Kier molecular flexibility index (Phi) is 9.57. The highest BCUT2D eigenvalue weighted by molar-refractivity contribution is 6.99. The summed E-state index contributed by atoms with van der Waals surface area (Å²) in [4.78, 5) is 12.9. The SMILES string of the molecule is C=C[C@]1(NC(=O)C(Cl)(Cl)Cl)CC=C(CO[Si](c2ccccc2)(c2ccccc2)C(C)(C)C)C[C@@H]1[C@H]1COC(C)(C)O1. The molecule has 1 N–H and O–H groups in total. The summed E-state index contributed by atoms with van der Waals surface area (Å²) in [6.45, 7) is 15.4. The monoisotopic (exact) mass is 635 g/mol. The smallest absolute Gasteiger partial charge is 0.272 e. The Balaban J connectivity index is 1.71. The number of carbonyl (C=O) groups is 1. The van der Waals surface area contributed by atoms with Crippen LogP contribution in [0.5, 0.6) is 0 Å². The van der Waals surface area contributed by atoms with Crippen molar-refractivity contribution in [2.75, 3.05) is 13.2 Å². The second-order valence-electron chi connectivity index (χ2n) is 12.4. The van der Waals surface area contributed by atoms with Gasteiger partial charge in [0, 0.05) is 5.92 Å². The van der Waals surface area contributed by atoms with E-state index < -0.39 is 29.3 Å². The summed E-state index contributed by atoms with van der Waals surface area (Å²) >= 11 is 17.9. The van der Waals surface area contributed by atoms with Crippen LogP contribution in [-0.2, 0) is 18.7 Å². The summed E-state index contributed by atoms with van der Waals surface area (Å²) in [5, 5.41) is 5.26. The van der Waals surface area contributed by atoms with Crippen molar-refractivity contribution in [1.82, 2.24) is 5.32 Å². The summed E-state index contributed by atoms with van der Waals surface area (Å²) < 4.78 is 17.4. The van der Waals surface area contributed by atoms with E-state index in [0.717, 1.165) is 5.57 Å². The van der Waals surface area contributed by atoms with Crippen molar-refractivity contribution in [2.45, 2.75) is 73.7 Å². The zero-order valence-electron chi connectivity index (χ0n) is 24.4. The summed E-state index contributed by atoms with van der Waals surface area (Å²) in [6.07, 6.45) is 4.59. The minimum Gasteiger partial charge on any atom is -0.403 e. The molecule has 0 bridgehead atoms. The van der Waals surface area contributed by atoms with Crippen LogP contribution in [0.1, 0.15) is 47.5 Å². The molecule has 1 heterocycles. The topological polar surface area (TPSA) is 56.8 Å². The van der Waals surface area contributed by atoms with E-state index in [1.165, 1.54) is 10.4 Å². The van der Waals surface area contributed by atoms with Crippen LogP contribution in [0.2, 0.25) is 5.04 Å². The fourth-order valence-corrected chi connectivity index (χ4v) is 10.9. The molecule has 2 aliphatic rings. The zero-order chi connectivity index (χ0) is 30.1. The summed E-state index contributed by atoms with van der Waals surface area (Å²) in [7, 11) is -2.74. The minimum absolute atomic E-state index is 0.153. The van der Waals surface area contributed by atoms with Gasteiger partial charge in [-0.05, 0) is 47.7 Å². The van der Waals surface area contributed by atoms with Gasteiger partial charge in [0.2, 0.25) is 0 Å². The predicted octanol–water partition coefficient (Wildman–Crippen LogP) is 6.46. The molecule has 1 aliphatic carbocycles. The van der Waals surface area contributed by atoms with Gasteiger partial charge in [0.25, 0.3) is 18.0 Å². The van der Waals surface area contributed by atoms with Crippen LogP contribution >= 0.6 is 34.8 Å². The molecule has 2 aromatic carbocycles. The predicted molar refractivity (Wildman–Crippen MR) is 171 cm³/mol. The first-order valence-corrected chi connectivity index (χ1v) is 17.0. The maximum Gasteiger partial charge on any atom is 0.272 e. The van der Waals surface area contributed by atoms with Gasteiger partial charge in [-0.15, -0.1) is 6.58 Å². The van der Waals surface area contributed by atoms with E-state index >= 15 is 0 Å². The van der Waals surface area contributed by atoms with Crippen LogP contribution in [0.4, 0.5) is 0 Å². The van der Waals surface area contributed by atoms with Crippen molar-refractivity contribution in [2.24, 2.45) is 5.92 Å². The maximum absolute atomic E-state index is 12.9. The van der Waals surface area contributed by atoms with E-state index in [9.17, 15) is 4.79 Å². The van der Waals surface area contributed by atoms with Gasteiger partial charge in [-0.1, -0.05) is 128 Å². The van der Waals surface area contributed by atoms with Crippen LogP contribution in [0.15, 0.2) is 85.0 Å². The fourth-order valence-electron chi connectivity index (χ4n) is 6.18. The molecule has 0 unspecified atom stereocenters. The lowest BCUT2D eigenvalue weighted by Crippen LogP contribution is -2.66. The maximum atomic E-state index is 12.9. The van der Waals surface area contributed by atoms with Crippen molar-refractivity contribution in [3.05, 3.63) is 85.0 Å². The van der Waals surface area contributed by atoms with Crippen molar-refractivity contribution in [1.29, 1.82) is 0 Å². The molecule has 1 aliphatic heterocycles. The molecular weight excluding hydrogens is 597 g/mol. The molecule has 222 valence electrons. The molecule has 1 saturated heterocycles. The van der Waals surface area contributed by atoms with Crippen molar-refractivity contribution >= 4 is 59.4 Å². The number of halogens is 3. The number of alkyl halides is 3. The molecule has 1 amide bonds. The summed E-state index contributed by atoms with van der Waals surface area (Å²) in [5.74, 6) is -1.67. The van der Waals surface area contributed by atoms with Crippen LogP contribution in [0.25, 0.3) is 0 Å². The van der Waals surface area contributed by atoms with E-state index in [2.05, 4.69) is 87.3 Å². The number of amides is 1. The Morgan fingerprint density at radius 3 is 2.07 bits per heavy atom. The molecule has 2 aromatic rings. The van der Waals surface area contributed by atoms with E-state index in [4.69, 9.17) is 48.7 Å². The lowest BCUT2D eigenvalue weighted by molar-refractivity contribution is -0.148. The van der Waals surface area contributed by atoms with E-state index in [1.807, 2.05) is 26.0 Å². The number of hydrogen-bond acceptors (Lipinski definition) is 4. The van der Waals surface area contributed by atoms with E-state index in [0.29, 0.717) is 26.1 Å². The van der Waals surface area contributed by atoms with Gasteiger partial charge in [-0.25, -0.2) is 0 Å². The Morgan fingerprint density at radius 2 is 1.63 bits per heavy atom. The molecule has 0 spiro atoms. The van der Waals surface area contributed by atoms with Crippen LogP contribution in [-0.4, -0.2) is 48.7 Å². The lowest BCUT2D eigenvalue weighted by atomic mass is 9.70. The average molecular weight is 637 g/mol. The van der Waals surface area contributed by atoms with Gasteiger partial charge in [-0.3, -0.25) is 4.79 Å². The largest absolute Gasteiger partial charge is 0.403 e. The molecule has 0 saturated carbocycles. The Hall–Kier alpha value is -1.64. The third-order valence-electron chi connectivity index (χ3n) is 8.21. The third kappa shape index (κ3) is 6.80. The first-order valence-electron chi connectivity index (χ1n) is 13.9. The van der Waals surface area contributed by atoms with Gasteiger partial charge in [0.15, 0.2) is 5.79 Å². The molecule has 0 aromatic heterocycles. The van der Waals surface area contributed by atoms with Gasteiger partial charge in [0.05, 0.1) is 24.9 Å². The van der Waals surface area contributed by atoms with Crippen molar-refractivity contribution in [3.8, 4) is 0 Å². The average Bonchev–Trinajstić information content (AvgIpc) is 3.28. The second kappa shape index (κ2) is 12.2. The Labute approximate surface area is 260 Å². The van der Waals surface area contributed by atoms with Crippen LogP contribution < -0.4 is 15.7 Å². The molecule has 5 nitrogen and oxygen atoms in total. The van der Waals surface area contributed by atoms with Crippen molar-refractivity contribution < 1.29 is 18.7 Å². The van der Waals surface area contributed by atoms with Gasteiger partial charge < -0.3 is 19.2 Å². The normalized spacial score (nSPS) is 24.9. The molecule has 3 atom stereocenters. The number of ether oxygens (including phenoxy) is 2. The summed E-state index contributed by atoms with van der Waals surface area (Å²) in [5.41, 5.74) is 0.230. The first kappa shape index (κ1) is 32.3. The van der Waals surface area contributed by atoms with Crippen LogP contribution in [0, 0.1) is 5.92 Å². The molecule has 41 heavy (non-hydrogen) atoms. The molecule has 0 radical (unpaired) electrons.